The minimum absolute atomic E-state index is 0.0674. The molecule has 3 rings (SSSR count). The zero-order valence-corrected chi connectivity index (χ0v) is 18.1. The van der Waals surface area contributed by atoms with Gasteiger partial charge in [-0.05, 0) is 67.5 Å². The minimum atomic E-state index is -0.257. The van der Waals surface area contributed by atoms with E-state index in [2.05, 4.69) is 36.6 Å². The molecule has 0 bridgehead atoms. The number of carbonyl (C=O) groups is 2. The molecule has 2 unspecified atom stereocenters. The number of hydrogen-bond acceptors (Lipinski definition) is 3. The molecule has 2 N–H and O–H groups in total. The van der Waals surface area contributed by atoms with Crippen molar-refractivity contribution in [3.05, 3.63) is 65.2 Å². The van der Waals surface area contributed by atoms with E-state index in [1.165, 1.54) is 5.56 Å². The maximum Gasteiger partial charge on any atom is 0.251 e. The van der Waals surface area contributed by atoms with Crippen LogP contribution in [0.15, 0.2) is 48.5 Å². The lowest BCUT2D eigenvalue weighted by molar-refractivity contribution is -0.117. The molecule has 1 aliphatic rings. The van der Waals surface area contributed by atoms with Crippen molar-refractivity contribution in [2.75, 3.05) is 18.5 Å². The largest absolute Gasteiger partial charge is 0.376 e. The fourth-order valence-electron chi connectivity index (χ4n) is 3.63. The smallest absolute Gasteiger partial charge is 0.251 e. The summed E-state index contributed by atoms with van der Waals surface area (Å²) in [5, 5.41) is 5.84. The van der Waals surface area contributed by atoms with E-state index in [4.69, 9.17) is 4.74 Å². The number of amides is 2. The third-order valence-electron chi connectivity index (χ3n) is 5.45. The van der Waals surface area contributed by atoms with Crippen LogP contribution in [-0.4, -0.2) is 31.1 Å². The molecule has 0 aliphatic carbocycles. The van der Waals surface area contributed by atoms with E-state index < -0.39 is 0 Å². The Hall–Kier alpha value is -2.66. The number of nitrogens with one attached hydrogen (secondary N) is 2. The van der Waals surface area contributed by atoms with Crippen LogP contribution in [0, 0.1) is 5.92 Å². The molecular weight excluding hydrogens is 376 g/mol. The molecule has 2 atom stereocenters. The van der Waals surface area contributed by atoms with Gasteiger partial charge in [-0.1, -0.05) is 38.1 Å². The highest BCUT2D eigenvalue weighted by molar-refractivity contribution is 5.97. The van der Waals surface area contributed by atoms with E-state index in [0.29, 0.717) is 23.7 Å². The third-order valence-corrected chi connectivity index (χ3v) is 5.45. The van der Waals surface area contributed by atoms with Crippen LogP contribution in [0.1, 0.15) is 61.0 Å². The van der Waals surface area contributed by atoms with Gasteiger partial charge in [0, 0.05) is 24.4 Å². The predicted octanol–water partition coefficient (Wildman–Crippen LogP) is 4.54. The van der Waals surface area contributed by atoms with Gasteiger partial charge in [-0.2, -0.15) is 0 Å². The highest BCUT2D eigenvalue weighted by Gasteiger charge is 2.18. The number of hydrogen-bond donors (Lipinski definition) is 2. The van der Waals surface area contributed by atoms with Crippen molar-refractivity contribution in [3.8, 4) is 0 Å². The topological polar surface area (TPSA) is 67.4 Å². The first-order valence-electron chi connectivity index (χ1n) is 10.8. The number of carbonyl (C=O) groups excluding carboxylic acids is 2. The first kappa shape index (κ1) is 22.0. The van der Waals surface area contributed by atoms with Gasteiger partial charge in [0.05, 0.1) is 12.0 Å². The number of ether oxygens (including phenoxy) is 1. The lowest BCUT2D eigenvalue weighted by Crippen LogP contribution is -2.31. The van der Waals surface area contributed by atoms with Gasteiger partial charge < -0.3 is 15.4 Å². The van der Waals surface area contributed by atoms with E-state index in [0.717, 1.165) is 31.4 Å². The SMILES string of the molecule is CC(C)Cc1ccc(C(C)C(=O)Nc2ccc(C(=O)NCC3CCCO3)cc2)cc1. The molecule has 1 fully saturated rings. The Morgan fingerprint density at radius 3 is 2.33 bits per heavy atom. The quantitative estimate of drug-likeness (QED) is 0.674. The molecule has 1 aliphatic heterocycles. The lowest BCUT2D eigenvalue weighted by atomic mass is 9.96. The molecule has 1 saturated heterocycles. The second-order valence-electron chi connectivity index (χ2n) is 8.47. The van der Waals surface area contributed by atoms with Crippen LogP contribution >= 0.6 is 0 Å². The summed E-state index contributed by atoms with van der Waals surface area (Å²) in [6.45, 7) is 7.60. The normalized spacial score (nSPS) is 17.0. The molecule has 0 spiro atoms. The molecule has 1 heterocycles. The third kappa shape index (κ3) is 6.17. The van der Waals surface area contributed by atoms with Gasteiger partial charge in [-0.25, -0.2) is 0 Å². The summed E-state index contributed by atoms with van der Waals surface area (Å²) in [5.74, 6) is 0.158. The van der Waals surface area contributed by atoms with E-state index in [9.17, 15) is 9.59 Å². The van der Waals surface area contributed by atoms with Crippen molar-refractivity contribution >= 4 is 17.5 Å². The van der Waals surface area contributed by atoms with E-state index >= 15 is 0 Å². The Bertz CT molecular complexity index is 838. The average molecular weight is 409 g/mol. The highest BCUT2D eigenvalue weighted by atomic mass is 16.5. The van der Waals surface area contributed by atoms with Crippen LogP contribution < -0.4 is 10.6 Å². The predicted molar refractivity (Wildman–Crippen MR) is 120 cm³/mol. The van der Waals surface area contributed by atoms with E-state index in [-0.39, 0.29) is 23.8 Å². The van der Waals surface area contributed by atoms with Gasteiger partial charge in [0.2, 0.25) is 5.91 Å². The summed E-state index contributed by atoms with van der Waals surface area (Å²) in [6.07, 6.45) is 3.20. The molecule has 160 valence electrons. The number of anilines is 1. The zero-order valence-electron chi connectivity index (χ0n) is 18.1. The average Bonchev–Trinajstić information content (AvgIpc) is 3.26. The van der Waals surface area contributed by atoms with E-state index in [1.54, 1.807) is 24.3 Å². The molecule has 0 saturated carbocycles. The summed E-state index contributed by atoms with van der Waals surface area (Å²) < 4.78 is 5.52. The fraction of sp³-hybridized carbons (Fsp3) is 0.440. The zero-order chi connectivity index (χ0) is 21.5. The summed E-state index contributed by atoms with van der Waals surface area (Å²) in [7, 11) is 0. The Kier molecular flexibility index (Phi) is 7.63. The van der Waals surface area contributed by atoms with Gasteiger partial charge in [0.1, 0.15) is 0 Å². The van der Waals surface area contributed by atoms with Crippen molar-refractivity contribution in [2.24, 2.45) is 5.92 Å². The Balaban J connectivity index is 1.52. The maximum atomic E-state index is 12.6. The van der Waals surface area contributed by atoms with Crippen molar-refractivity contribution < 1.29 is 14.3 Å². The fourth-order valence-corrected chi connectivity index (χ4v) is 3.63. The summed E-state index contributed by atoms with van der Waals surface area (Å²) in [6, 6.07) is 15.2. The van der Waals surface area contributed by atoms with Gasteiger partial charge in [0.15, 0.2) is 0 Å². The van der Waals surface area contributed by atoms with Crippen LogP contribution in [-0.2, 0) is 16.0 Å². The molecule has 2 aromatic rings. The highest BCUT2D eigenvalue weighted by Crippen LogP contribution is 2.20. The monoisotopic (exact) mass is 408 g/mol. The standard InChI is InChI=1S/C25H32N2O3/c1-17(2)15-19-6-8-20(9-7-19)18(3)24(28)27-22-12-10-21(11-13-22)25(29)26-16-23-5-4-14-30-23/h6-13,17-18,23H,4-5,14-16H2,1-3H3,(H,26,29)(H,27,28). The van der Waals surface area contributed by atoms with Crippen molar-refractivity contribution in [3.63, 3.8) is 0 Å². The summed E-state index contributed by atoms with van der Waals surface area (Å²) in [5.41, 5.74) is 3.53. The first-order chi connectivity index (χ1) is 14.4. The van der Waals surface area contributed by atoms with Crippen LogP contribution in [0.5, 0.6) is 0 Å². The molecule has 2 aromatic carbocycles. The Labute approximate surface area is 179 Å². The summed E-state index contributed by atoms with van der Waals surface area (Å²) >= 11 is 0. The molecule has 0 radical (unpaired) electrons. The maximum absolute atomic E-state index is 12.6. The number of rotatable bonds is 8. The van der Waals surface area contributed by atoms with Crippen molar-refractivity contribution in [1.29, 1.82) is 0 Å². The second-order valence-corrected chi connectivity index (χ2v) is 8.47. The van der Waals surface area contributed by atoms with Crippen LogP contribution in [0.25, 0.3) is 0 Å². The van der Waals surface area contributed by atoms with Crippen LogP contribution in [0.4, 0.5) is 5.69 Å². The van der Waals surface area contributed by atoms with Gasteiger partial charge in [0.25, 0.3) is 5.91 Å². The van der Waals surface area contributed by atoms with Gasteiger partial charge >= 0.3 is 0 Å². The van der Waals surface area contributed by atoms with Crippen molar-refractivity contribution in [1.82, 2.24) is 5.32 Å². The molecular formula is C25H32N2O3. The lowest BCUT2D eigenvalue weighted by Gasteiger charge is -2.14. The summed E-state index contributed by atoms with van der Waals surface area (Å²) in [4.78, 5) is 24.9. The first-order valence-corrected chi connectivity index (χ1v) is 10.8. The molecule has 2 amide bonds. The van der Waals surface area contributed by atoms with Gasteiger partial charge in [-0.3, -0.25) is 9.59 Å². The Morgan fingerprint density at radius 1 is 1.03 bits per heavy atom. The van der Waals surface area contributed by atoms with E-state index in [1.807, 2.05) is 19.1 Å². The van der Waals surface area contributed by atoms with Crippen molar-refractivity contribution in [2.45, 2.75) is 52.1 Å². The Morgan fingerprint density at radius 2 is 1.73 bits per heavy atom. The molecule has 5 heteroatoms. The molecule has 0 aromatic heterocycles. The van der Waals surface area contributed by atoms with Crippen LogP contribution in [0.2, 0.25) is 0 Å². The second kappa shape index (κ2) is 10.4. The van der Waals surface area contributed by atoms with Gasteiger partial charge in [-0.15, -0.1) is 0 Å². The minimum Gasteiger partial charge on any atom is -0.376 e. The molecule has 30 heavy (non-hydrogen) atoms. The number of benzene rings is 2. The molecule has 5 nitrogen and oxygen atoms in total. The van der Waals surface area contributed by atoms with Crippen LogP contribution in [0.3, 0.4) is 0 Å².